The molecule has 8 nitrogen and oxygen atoms in total. The Balaban J connectivity index is 1.33. The van der Waals surface area contributed by atoms with Gasteiger partial charge in [-0.3, -0.25) is 4.79 Å². The number of aromatic nitrogens is 3. The van der Waals surface area contributed by atoms with E-state index in [1.165, 1.54) is 17.5 Å². The highest BCUT2D eigenvalue weighted by Crippen LogP contribution is 2.43. The van der Waals surface area contributed by atoms with E-state index in [1.807, 2.05) is 19.1 Å². The minimum atomic E-state index is -0.968. The first-order valence-electron chi connectivity index (χ1n) is 10.4. The predicted octanol–water partition coefficient (Wildman–Crippen LogP) is 5.07. The zero-order valence-electron chi connectivity index (χ0n) is 18.1. The van der Waals surface area contributed by atoms with Gasteiger partial charge in [0.2, 0.25) is 23.4 Å². The molecule has 0 aliphatic heterocycles. The van der Waals surface area contributed by atoms with Crippen LogP contribution < -0.4 is 5.32 Å². The lowest BCUT2D eigenvalue weighted by Crippen LogP contribution is -2.12. The largest absolute Gasteiger partial charge is 0.430 e. The van der Waals surface area contributed by atoms with E-state index >= 15 is 0 Å². The number of oxazole rings is 1. The third-order valence-electron chi connectivity index (χ3n) is 5.36. The molecular formula is C23H21FN4O4S. The van der Waals surface area contributed by atoms with E-state index in [2.05, 4.69) is 20.4 Å². The Hall–Kier alpha value is -3.37. The van der Waals surface area contributed by atoms with Gasteiger partial charge < -0.3 is 19.4 Å². The summed E-state index contributed by atoms with van der Waals surface area (Å²) in [4.78, 5) is 22.7. The Morgan fingerprint density at radius 3 is 2.79 bits per heavy atom. The lowest BCUT2D eigenvalue weighted by Gasteiger charge is -2.13. The van der Waals surface area contributed by atoms with Gasteiger partial charge in [-0.15, -0.1) is 11.3 Å². The number of carbonyl (C=O) groups is 1. The van der Waals surface area contributed by atoms with E-state index in [-0.39, 0.29) is 11.7 Å². The summed E-state index contributed by atoms with van der Waals surface area (Å²) in [5, 5.41) is 16.9. The Bertz CT molecular complexity index is 1340. The van der Waals surface area contributed by atoms with Crippen LogP contribution in [0.15, 0.2) is 45.5 Å². The van der Waals surface area contributed by atoms with Crippen LogP contribution in [0.25, 0.3) is 22.2 Å². The molecular weight excluding hydrogens is 447 g/mol. The summed E-state index contributed by atoms with van der Waals surface area (Å²) >= 11 is 1.35. The molecule has 4 aromatic rings. The number of thiophene rings is 1. The smallest absolute Gasteiger partial charge is 0.293 e. The molecule has 0 bridgehead atoms. The molecule has 1 aromatic carbocycles. The molecule has 2 N–H and O–H groups in total. The monoisotopic (exact) mass is 468 g/mol. The zero-order chi connectivity index (χ0) is 23.3. The molecule has 0 radical (unpaired) electrons. The topological polar surface area (TPSA) is 114 Å². The van der Waals surface area contributed by atoms with Crippen LogP contribution in [0.5, 0.6) is 0 Å². The van der Waals surface area contributed by atoms with Gasteiger partial charge in [-0.05, 0) is 51.0 Å². The number of anilines is 1. The maximum atomic E-state index is 13.3. The van der Waals surface area contributed by atoms with E-state index in [0.717, 1.165) is 10.4 Å². The Morgan fingerprint density at radius 2 is 2.09 bits per heavy atom. The van der Waals surface area contributed by atoms with E-state index < -0.39 is 17.7 Å². The quantitative estimate of drug-likeness (QED) is 0.406. The van der Waals surface area contributed by atoms with Crippen molar-refractivity contribution < 1.29 is 23.2 Å². The second-order valence-corrected chi connectivity index (χ2v) is 9.63. The summed E-state index contributed by atoms with van der Waals surface area (Å²) in [6.07, 6.45) is 0.844. The van der Waals surface area contributed by atoms with Crippen LogP contribution in [0.4, 0.5) is 10.1 Å². The highest BCUT2D eigenvalue weighted by Gasteiger charge is 2.43. The average molecular weight is 469 g/mol. The number of hydrogen-bond donors (Lipinski definition) is 2. The van der Waals surface area contributed by atoms with Crippen molar-refractivity contribution in [1.82, 2.24) is 15.1 Å². The average Bonchev–Trinajstić information content (AvgIpc) is 3.27. The van der Waals surface area contributed by atoms with E-state index in [0.29, 0.717) is 40.2 Å². The van der Waals surface area contributed by atoms with Gasteiger partial charge in [-0.1, -0.05) is 17.3 Å². The Morgan fingerprint density at radius 1 is 1.30 bits per heavy atom. The highest BCUT2D eigenvalue weighted by atomic mass is 32.1. The molecule has 1 amide bonds. The van der Waals surface area contributed by atoms with Crippen molar-refractivity contribution in [3.05, 3.63) is 58.6 Å². The number of carbonyl (C=O) groups excluding carboxylic acids is 1. The molecule has 170 valence electrons. The maximum Gasteiger partial charge on any atom is 0.293 e. The van der Waals surface area contributed by atoms with Crippen molar-refractivity contribution >= 4 is 22.9 Å². The van der Waals surface area contributed by atoms with Crippen molar-refractivity contribution in [2.24, 2.45) is 0 Å². The second-order valence-electron chi connectivity index (χ2n) is 8.55. The fraction of sp³-hybridized carbons (Fsp3) is 0.304. The molecule has 10 heteroatoms. The van der Waals surface area contributed by atoms with Crippen LogP contribution >= 0.6 is 11.3 Å². The molecule has 2 atom stereocenters. The minimum Gasteiger partial charge on any atom is -0.430 e. The van der Waals surface area contributed by atoms with Gasteiger partial charge in [0.25, 0.3) is 5.91 Å². The van der Waals surface area contributed by atoms with Crippen molar-refractivity contribution in [3.8, 4) is 22.2 Å². The van der Waals surface area contributed by atoms with Gasteiger partial charge in [0, 0.05) is 16.1 Å². The minimum absolute atomic E-state index is 0.0533. The number of aryl methyl sites for hydroxylation is 1. The van der Waals surface area contributed by atoms with Crippen LogP contribution in [0.2, 0.25) is 0 Å². The number of nitrogens with one attached hydrogen (secondary N) is 1. The fourth-order valence-electron chi connectivity index (χ4n) is 3.28. The number of benzene rings is 1. The second kappa shape index (κ2) is 7.89. The number of amides is 1. The third-order valence-corrected chi connectivity index (χ3v) is 6.75. The number of halogens is 1. The maximum absolute atomic E-state index is 13.3. The van der Waals surface area contributed by atoms with Gasteiger partial charge in [0.05, 0.1) is 22.6 Å². The fourth-order valence-corrected chi connectivity index (χ4v) is 4.22. The molecule has 1 saturated carbocycles. The van der Waals surface area contributed by atoms with Crippen LogP contribution in [-0.4, -0.2) is 32.3 Å². The summed E-state index contributed by atoms with van der Waals surface area (Å²) in [6.45, 7) is 5.26. The molecule has 0 spiro atoms. The predicted molar refractivity (Wildman–Crippen MR) is 120 cm³/mol. The lowest BCUT2D eigenvalue weighted by atomic mass is 10.1. The molecule has 1 aliphatic rings. The van der Waals surface area contributed by atoms with Crippen LogP contribution in [0.3, 0.4) is 0 Å². The lowest BCUT2D eigenvalue weighted by molar-refractivity contribution is 0.0825. The first-order valence-corrected chi connectivity index (χ1v) is 11.2. The molecule has 0 saturated heterocycles. The molecule has 0 unspecified atom stereocenters. The van der Waals surface area contributed by atoms with Crippen molar-refractivity contribution in [1.29, 1.82) is 0 Å². The summed E-state index contributed by atoms with van der Waals surface area (Å²) in [6, 6.07) is 8.97. The van der Waals surface area contributed by atoms with Crippen molar-refractivity contribution in [2.45, 2.75) is 44.9 Å². The van der Waals surface area contributed by atoms with Gasteiger partial charge in [0.1, 0.15) is 6.17 Å². The molecule has 3 aromatic heterocycles. The van der Waals surface area contributed by atoms with E-state index in [4.69, 9.17) is 8.94 Å². The first kappa shape index (κ1) is 21.5. The highest BCUT2D eigenvalue weighted by molar-refractivity contribution is 7.15. The summed E-state index contributed by atoms with van der Waals surface area (Å²) in [7, 11) is 0. The van der Waals surface area contributed by atoms with Crippen molar-refractivity contribution in [3.63, 3.8) is 0 Å². The number of alkyl halides is 1. The Kier molecular flexibility index (Phi) is 5.13. The van der Waals surface area contributed by atoms with E-state index in [9.17, 15) is 14.3 Å². The SMILES string of the molecule is Cc1ccc(-c2noc([C@H]3C[C@@H]3F)n2)cc1NC(=O)c1cnc(-c2ccc(C(C)(C)O)s2)o1. The molecule has 33 heavy (non-hydrogen) atoms. The molecule has 1 fully saturated rings. The van der Waals surface area contributed by atoms with Gasteiger partial charge in [-0.2, -0.15) is 4.98 Å². The van der Waals surface area contributed by atoms with Gasteiger partial charge >= 0.3 is 0 Å². The number of aliphatic hydroxyl groups is 1. The van der Waals surface area contributed by atoms with Crippen LogP contribution in [0, 0.1) is 6.92 Å². The zero-order valence-corrected chi connectivity index (χ0v) is 18.9. The molecule has 5 rings (SSSR count). The normalized spacial score (nSPS) is 17.8. The number of nitrogens with zero attached hydrogens (tertiary/aromatic N) is 3. The van der Waals surface area contributed by atoms with E-state index in [1.54, 1.807) is 32.0 Å². The standard InChI is InChI=1S/C23H21FN4O4S/c1-11-4-5-12(19-27-21(32-28-19)13-9-14(13)24)8-15(11)26-20(29)16-10-25-22(31-16)17-6-7-18(33-17)23(2,3)30/h4-8,10,13-14,30H,9H2,1-3H3,(H,26,29)/t13-,14-/m0/s1. The van der Waals surface area contributed by atoms with Gasteiger partial charge in [-0.25, -0.2) is 9.37 Å². The number of rotatable bonds is 6. The van der Waals surface area contributed by atoms with Crippen LogP contribution in [-0.2, 0) is 5.60 Å². The Labute approximate surface area is 192 Å². The summed E-state index contributed by atoms with van der Waals surface area (Å²) in [5.41, 5.74) is 1.05. The number of hydrogen-bond acceptors (Lipinski definition) is 8. The molecule has 3 heterocycles. The van der Waals surface area contributed by atoms with Crippen LogP contribution in [0.1, 0.15) is 53.1 Å². The summed E-state index contributed by atoms with van der Waals surface area (Å²) < 4.78 is 24.1. The van der Waals surface area contributed by atoms with Gasteiger partial charge in [0.15, 0.2) is 0 Å². The first-order chi connectivity index (χ1) is 15.7. The molecule has 1 aliphatic carbocycles. The van der Waals surface area contributed by atoms with Crippen molar-refractivity contribution in [2.75, 3.05) is 5.32 Å². The third kappa shape index (κ3) is 4.31. The summed E-state index contributed by atoms with van der Waals surface area (Å²) in [5.74, 6) is 0.204.